The van der Waals surface area contributed by atoms with Crippen molar-refractivity contribution >= 4 is 34.5 Å². The summed E-state index contributed by atoms with van der Waals surface area (Å²) in [6.07, 6.45) is -0.801. The normalized spacial score (nSPS) is 10.4. The van der Waals surface area contributed by atoms with E-state index in [4.69, 9.17) is 20.8 Å². The van der Waals surface area contributed by atoms with Gasteiger partial charge < -0.3 is 9.15 Å². The van der Waals surface area contributed by atoms with Crippen molar-refractivity contribution in [1.29, 1.82) is 0 Å². The van der Waals surface area contributed by atoms with Crippen LogP contribution in [-0.2, 0) is 0 Å². The second kappa shape index (κ2) is 5.22. The number of fused-ring (bicyclic) bond motifs is 1. The lowest BCUT2D eigenvalue weighted by Gasteiger charge is -2.02. The monoisotopic (exact) mass is 288 g/mol. The van der Waals surface area contributed by atoms with Crippen LogP contribution in [0.2, 0.25) is 5.02 Å². The Balaban J connectivity index is 1.74. The summed E-state index contributed by atoms with van der Waals surface area (Å²) < 4.78 is 10.3. The number of para-hydroxylation sites is 1. The van der Waals surface area contributed by atoms with Gasteiger partial charge in [-0.25, -0.2) is 4.79 Å². The van der Waals surface area contributed by atoms with Gasteiger partial charge in [-0.05, 0) is 30.3 Å². The Morgan fingerprint density at radius 3 is 2.80 bits per heavy atom. The molecule has 0 aliphatic carbocycles. The summed E-state index contributed by atoms with van der Waals surface area (Å²) in [5.74, 6) is 0. The number of hydrogen-bond donors (Lipinski definition) is 1. The van der Waals surface area contributed by atoms with Gasteiger partial charge in [0, 0.05) is 10.7 Å². The highest BCUT2D eigenvalue weighted by Gasteiger charge is 2.12. The number of rotatable bonds is 2. The molecule has 0 spiro atoms. The van der Waals surface area contributed by atoms with Crippen molar-refractivity contribution in [3.05, 3.63) is 53.6 Å². The highest BCUT2D eigenvalue weighted by Crippen LogP contribution is 2.23. The van der Waals surface area contributed by atoms with Crippen molar-refractivity contribution in [3.63, 3.8) is 0 Å². The molecule has 6 heteroatoms. The van der Waals surface area contributed by atoms with Crippen molar-refractivity contribution in [3.8, 4) is 6.08 Å². The Morgan fingerprint density at radius 1 is 1.20 bits per heavy atom. The van der Waals surface area contributed by atoms with Gasteiger partial charge in [-0.3, -0.25) is 5.32 Å². The molecule has 0 fully saturated rings. The van der Waals surface area contributed by atoms with Gasteiger partial charge in [-0.15, -0.1) is 0 Å². The lowest BCUT2D eigenvalue weighted by Crippen LogP contribution is -2.16. The summed E-state index contributed by atoms with van der Waals surface area (Å²) in [4.78, 5) is 15.7. The van der Waals surface area contributed by atoms with Crippen molar-refractivity contribution in [2.24, 2.45) is 0 Å². The van der Waals surface area contributed by atoms with Crippen LogP contribution in [-0.4, -0.2) is 11.1 Å². The quantitative estimate of drug-likeness (QED) is 0.771. The molecule has 3 rings (SSSR count). The maximum atomic E-state index is 11.7. The molecule has 1 aromatic heterocycles. The second-order valence-electron chi connectivity index (χ2n) is 3.97. The number of hydrogen-bond acceptors (Lipinski definition) is 4. The summed E-state index contributed by atoms with van der Waals surface area (Å²) in [6, 6.07) is 13.9. The Morgan fingerprint density at radius 2 is 2.00 bits per heavy atom. The number of nitrogens with one attached hydrogen (secondary N) is 1. The van der Waals surface area contributed by atoms with Crippen LogP contribution < -0.4 is 10.1 Å². The number of amides is 1. The zero-order chi connectivity index (χ0) is 13.9. The maximum Gasteiger partial charge on any atom is 0.420 e. The zero-order valence-electron chi connectivity index (χ0n) is 10.2. The minimum absolute atomic E-state index is 0.129. The van der Waals surface area contributed by atoms with Crippen LogP contribution in [0.25, 0.3) is 11.1 Å². The fourth-order valence-corrected chi connectivity index (χ4v) is 1.83. The fraction of sp³-hybridized carbons (Fsp3) is 0. The van der Waals surface area contributed by atoms with E-state index < -0.39 is 6.09 Å². The number of aromatic nitrogens is 1. The first-order chi connectivity index (χ1) is 9.70. The molecule has 3 aromatic rings. The zero-order valence-corrected chi connectivity index (χ0v) is 10.9. The average molecular weight is 289 g/mol. The third kappa shape index (κ3) is 2.73. The summed E-state index contributed by atoms with van der Waals surface area (Å²) >= 11 is 5.84. The number of oxazole rings is 1. The Labute approximate surface area is 119 Å². The molecule has 0 bridgehead atoms. The lowest BCUT2D eigenvalue weighted by molar-refractivity contribution is 0.200. The molecule has 0 unspecified atom stereocenters. The van der Waals surface area contributed by atoms with Crippen molar-refractivity contribution < 1.29 is 13.9 Å². The molecule has 0 saturated heterocycles. The molecule has 1 heterocycles. The number of ether oxygens (including phenoxy) is 1. The number of anilines is 1. The van der Waals surface area contributed by atoms with E-state index in [1.807, 2.05) is 6.07 Å². The van der Waals surface area contributed by atoms with E-state index in [2.05, 4.69) is 10.3 Å². The van der Waals surface area contributed by atoms with Crippen LogP contribution in [0.15, 0.2) is 52.9 Å². The van der Waals surface area contributed by atoms with Crippen LogP contribution in [0, 0.1) is 0 Å². The first-order valence-corrected chi connectivity index (χ1v) is 6.18. The minimum Gasteiger partial charge on any atom is -0.409 e. The van der Waals surface area contributed by atoms with E-state index in [1.165, 1.54) is 0 Å². The number of carbonyl (C=O) groups is 1. The molecular formula is C14H9ClN2O3. The van der Waals surface area contributed by atoms with E-state index in [-0.39, 0.29) is 6.08 Å². The number of carbonyl (C=O) groups excluding carboxylic acids is 1. The first kappa shape index (κ1) is 12.5. The van der Waals surface area contributed by atoms with Gasteiger partial charge in [-0.1, -0.05) is 29.8 Å². The molecule has 100 valence electrons. The third-order valence-corrected chi connectivity index (χ3v) is 2.77. The molecule has 2 aromatic carbocycles. The number of halogens is 1. The van der Waals surface area contributed by atoms with E-state index in [9.17, 15) is 4.79 Å². The molecule has 1 amide bonds. The number of benzene rings is 2. The van der Waals surface area contributed by atoms with E-state index in [0.717, 1.165) is 0 Å². The van der Waals surface area contributed by atoms with E-state index in [0.29, 0.717) is 21.8 Å². The molecule has 20 heavy (non-hydrogen) atoms. The minimum atomic E-state index is -0.672. The molecule has 0 saturated carbocycles. The summed E-state index contributed by atoms with van der Waals surface area (Å²) in [7, 11) is 0. The Hall–Kier alpha value is -2.53. The molecule has 0 aliphatic rings. The number of nitrogens with zero attached hydrogens (tertiary/aromatic N) is 1. The first-order valence-electron chi connectivity index (χ1n) is 5.81. The van der Waals surface area contributed by atoms with Crippen LogP contribution in [0.3, 0.4) is 0 Å². The Kier molecular flexibility index (Phi) is 3.26. The van der Waals surface area contributed by atoms with Crippen LogP contribution in [0.1, 0.15) is 0 Å². The van der Waals surface area contributed by atoms with Gasteiger partial charge in [0.05, 0.1) is 0 Å². The SMILES string of the molecule is O=C(Nc1ccccc1)Oc1nc2cc(Cl)ccc2o1. The fourth-order valence-electron chi connectivity index (χ4n) is 1.67. The van der Waals surface area contributed by atoms with Gasteiger partial charge in [0.25, 0.3) is 0 Å². The Bertz CT molecular complexity index is 755. The second-order valence-corrected chi connectivity index (χ2v) is 4.41. The summed E-state index contributed by atoms with van der Waals surface area (Å²) in [6.45, 7) is 0. The largest absolute Gasteiger partial charge is 0.420 e. The van der Waals surface area contributed by atoms with Crippen LogP contribution >= 0.6 is 11.6 Å². The van der Waals surface area contributed by atoms with E-state index >= 15 is 0 Å². The maximum absolute atomic E-state index is 11.7. The highest BCUT2D eigenvalue weighted by atomic mass is 35.5. The molecule has 0 aliphatic heterocycles. The van der Waals surface area contributed by atoms with Crippen LogP contribution in [0.4, 0.5) is 10.5 Å². The average Bonchev–Trinajstić information content (AvgIpc) is 2.80. The molecule has 0 atom stereocenters. The molecule has 5 nitrogen and oxygen atoms in total. The standard InChI is InChI=1S/C14H9ClN2O3/c15-9-6-7-12-11(8-9)17-14(19-12)20-13(18)16-10-4-2-1-3-5-10/h1-8H,(H,16,18). The van der Waals surface area contributed by atoms with Gasteiger partial charge in [0.2, 0.25) is 0 Å². The van der Waals surface area contributed by atoms with Gasteiger partial charge in [0.1, 0.15) is 5.52 Å². The van der Waals surface area contributed by atoms with E-state index in [1.54, 1.807) is 42.5 Å². The molecule has 1 N–H and O–H groups in total. The molecule has 0 radical (unpaired) electrons. The predicted octanol–water partition coefficient (Wildman–Crippen LogP) is 4.09. The topological polar surface area (TPSA) is 64.4 Å². The smallest absolute Gasteiger partial charge is 0.409 e. The molecular weight excluding hydrogens is 280 g/mol. The van der Waals surface area contributed by atoms with Crippen molar-refractivity contribution in [2.45, 2.75) is 0 Å². The van der Waals surface area contributed by atoms with Gasteiger partial charge in [0.15, 0.2) is 5.58 Å². The van der Waals surface area contributed by atoms with Crippen molar-refractivity contribution in [1.82, 2.24) is 4.98 Å². The summed E-state index contributed by atoms with van der Waals surface area (Å²) in [5.41, 5.74) is 1.65. The highest BCUT2D eigenvalue weighted by molar-refractivity contribution is 6.31. The van der Waals surface area contributed by atoms with Crippen molar-refractivity contribution in [2.75, 3.05) is 5.32 Å². The lowest BCUT2D eigenvalue weighted by atomic mass is 10.3. The summed E-state index contributed by atoms with van der Waals surface area (Å²) in [5, 5.41) is 3.09. The van der Waals surface area contributed by atoms with Gasteiger partial charge >= 0.3 is 12.2 Å². The van der Waals surface area contributed by atoms with Gasteiger partial charge in [-0.2, -0.15) is 4.98 Å². The van der Waals surface area contributed by atoms with Crippen LogP contribution in [0.5, 0.6) is 6.08 Å². The third-order valence-electron chi connectivity index (χ3n) is 2.53. The predicted molar refractivity (Wildman–Crippen MR) is 75.1 cm³/mol.